The molecule has 1 aromatic rings. The zero-order valence-electron chi connectivity index (χ0n) is 12.9. The number of carbonyl (C=O) groups excluding carboxylic acids is 1. The number of hydrogen-bond donors (Lipinski definition) is 1. The summed E-state index contributed by atoms with van der Waals surface area (Å²) in [7, 11) is 0. The van der Waals surface area contributed by atoms with Gasteiger partial charge in [0.15, 0.2) is 0 Å². The molecule has 1 unspecified atom stereocenters. The molecule has 1 aromatic carbocycles. The third-order valence-electron chi connectivity index (χ3n) is 3.79. The van der Waals surface area contributed by atoms with E-state index >= 15 is 0 Å². The zero-order chi connectivity index (χ0) is 15.2. The second-order valence-electron chi connectivity index (χ2n) is 6.29. The maximum Gasteiger partial charge on any atom is 0.227 e. The van der Waals surface area contributed by atoms with Gasteiger partial charge in [0, 0.05) is 19.1 Å². The molecule has 1 heterocycles. The lowest BCUT2D eigenvalue weighted by molar-refractivity contribution is -0.131. The highest BCUT2D eigenvalue weighted by molar-refractivity contribution is 5.78. The zero-order valence-corrected chi connectivity index (χ0v) is 12.9. The number of rotatable bonds is 6. The number of nitrogens with zero attached hydrogens (tertiary/aromatic N) is 1. The van der Waals surface area contributed by atoms with E-state index in [2.05, 4.69) is 19.2 Å². The summed E-state index contributed by atoms with van der Waals surface area (Å²) < 4.78 is 13.2. The van der Waals surface area contributed by atoms with E-state index in [-0.39, 0.29) is 18.1 Å². The highest BCUT2D eigenvalue weighted by atomic mass is 19.1. The van der Waals surface area contributed by atoms with Gasteiger partial charge < -0.3 is 10.2 Å². The molecule has 1 aliphatic heterocycles. The molecule has 0 radical (unpaired) electrons. The Morgan fingerprint density at radius 3 is 2.90 bits per heavy atom. The predicted molar refractivity (Wildman–Crippen MR) is 82.5 cm³/mol. The summed E-state index contributed by atoms with van der Waals surface area (Å²) in [5.41, 5.74) is 0.744. The number of amides is 1. The van der Waals surface area contributed by atoms with Gasteiger partial charge in [-0.05, 0) is 43.0 Å². The molecule has 1 fully saturated rings. The van der Waals surface area contributed by atoms with Crippen molar-refractivity contribution in [1.29, 1.82) is 0 Å². The molecule has 1 N–H and O–H groups in total. The van der Waals surface area contributed by atoms with Crippen LogP contribution in [0.15, 0.2) is 24.3 Å². The SMILES string of the molecule is CC(C)CN(CC1CCCN1)C(=O)Cc1cccc(F)c1. The molecule has 0 saturated carbocycles. The number of benzene rings is 1. The first kappa shape index (κ1) is 16.0. The van der Waals surface area contributed by atoms with Crippen molar-refractivity contribution in [2.45, 2.75) is 39.2 Å². The van der Waals surface area contributed by atoms with Gasteiger partial charge in [-0.25, -0.2) is 4.39 Å². The quantitative estimate of drug-likeness (QED) is 0.874. The minimum atomic E-state index is -0.284. The Hall–Kier alpha value is -1.42. The van der Waals surface area contributed by atoms with Gasteiger partial charge in [-0.3, -0.25) is 4.79 Å². The monoisotopic (exact) mass is 292 g/mol. The molecule has 0 spiro atoms. The molecule has 0 bridgehead atoms. The molecule has 1 amide bonds. The molecule has 2 rings (SSSR count). The molecule has 116 valence electrons. The molecule has 0 aromatic heterocycles. The van der Waals surface area contributed by atoms with Gasteiger partial charge in [0.2, 0.25) is 5.91 Å². The highest BCUT2D eigenvalue weighted by Crippen LogP contribution is 2.12. The number of halogens is 1. The lowest BCUT2D eigenvalue weighted by atomic mass is 10.1. The molecule has 4 heteroatoms. The van der Waals surface area contributed by atoms with Gasteiger partial charge in [0.05, 0.1) is 6.42 Å². The average molecular weight is 292 g/mol. The Morgan fingerprint density at radius 2 is 2.29 bits per heavy atom. The standard InChI is InChI=1S/C17H25FN2O/c1-13(2)11-20(12-16-7-4-8-19-16)17(21)10-14-5-3-6-15(18)9-14/h3,5-6,9,13,16,19H,4,7-8,10-12H2,1-2H3. The number of hydrogen-bond acceptors (Lipinski definition) is 2. The third-order valence-corrected chi connectivity index (χ3v) is 3.79. The van der Waals surface area contributed by atoms with Gasteiger partial charge in [0.25, 0.3) is 0 Å². The Balaban J connectivity index is 1.98. The topological polar surface area (TPSA) is 32.3 Å². The lowest BCUT2D eigenvalue weighted by Crippen LogP contribution is -2.43. The van der Waals surface area contributed by atoms with Gasteiger partial charge >= 0.3 is 0 Å². The fourth-order valence-electron chi connectivity index (χ4n) is 2.83. The third kappa shape index (κ3) is 5.12. The Morgan fingerprint density at radius 1 is 1.48 bits per heavy atom. The normalized spacial score (nSPS) is 18.2. The van der Waals surface area contributed by atoms with Crippen LogP contribution in [0.2, 0.25) is 0 Å². The van der Waals surface area contributed by atoms with E-state index in [4.69, 9.17) is 0 Å². The van der Waals surface area contributed by atoms with E-state index < -0.39 is 0 Å². The first-order chi connectivity index (χ1) is 10.0. The van der Waals surface area contributed by atoms with E-state index in [0.717, 1.165) is 31.6 Å². The van der Waals surface area contributed by atoms with Crippen LogP contribution in [0, 0.1) is 11.7 Å². The van der Waals surface area contributed by atoms with Crippen LogP contribution >= 0.6 is 0 Å². The van der Waals surface area contributed by atoms with Crippen LogP contribution in [0.5, 0.6) is 0 Å². The van der Waals surface area contributed by atoms with Crippen LogP contribution in [0.1, 0.15) is 32.3 Å². The number of nitrogens with one attached hydrogen (secondary N) is 1. The highest BCUT2D eigenvalue weighted by Gasteiger charge is 2.22. The maximum atomic E-state index is 13.2. The van der Waals surface area contributed by atoms with E-state index in [0.29, 0.717) is 12.0 Å². The van der Waals surface area contributed by atoms with Crippen molar-refractivity contribution in [1.82, 2.24) is 10.2 Å². The second kappa shape index (κ2) is 7.55. The van der Waals surface area contributed by atoms with Crippen molar-refractivity contribution in [3.05, 3.63) is 35.6 Å². The van der Waals surface area contributed by atoms with E-state index in [1.807, 2.05) is 11.0 Å². The lowest BCUT2D eigenvalue weighted by Gasteiger charge is -2.27. The molecular weight excluding hydrogens is 267 g/mol. The van der Waals surface area contributed by atoms with Crippen molar-refractivity contribution < 1.29 is 9.18 Å². The van der Waals surface area contributed by atoms with Crippen molar-refractivity contribution >= 4 is 5.91 Å². The van der Waals surface area contributed by atoms with E-state index in [1.54, 1.807) is 6.07 Å². The van der Waals surface area contributed by atoms with Crippen LogP contribution in [-0.4, -0.2) is 36.5 Å². The average Bonchev–Trinajstić information content (AvgIpc) is 2.90. The molecule has 3 nitrogen and oxygen atoms in total. The fourth-order valence-corrected chi connectivity index (χ4v) is 2.83. The fraction of sp³-hybridized carbons (Fsp3) is 0.588. The van der Waals surface area contributed by atoms with E-state index in [1.165, 1.54) is 18.6 Å². The predicted octanol–water partition coefficient (Wildman–Crippen LogP) is 2.60. The molecular formula is C17H25FN2O. The Bertz CT molecular complexity index is 470. The first-order valence-electron chi connectivity index (χ1n) is 7.80. The summed E-state index contributed by atoms with van der Waals surface area (Å²) in [6, 6.07) is 6.72. The second-order valence-corrected chi connectivity index (χ2v) is 6.29. The van der Waals surface area contributed by atoms with Gasteiger partial charge in [0.1, 0.15) is 5.82 Å². The summed E-state index contributed by atoms with van der Waals surface area (Å²) in [4.78, 5) is 14.5. The van der Waals surface area contributed by atoms with Gasteiger partial charge in [-0.1, -0.05) is 26.0 Å². The summed E-state index contributed by atoms with van der Waals surface area (Å²) >= 11 is 0. The first-order valence-corrected chi connectivity index (χ1v) is 7.80. The van der Waals surface area contributed by atoms with Crippen molar-refractivity contribution in [3.63, 3.8) is 0 Å². The van der Waals surface area contributed by atoms with Gasteiger partial charge in [-0.15, -0.1) is 0 Å². The molecule has 1 aliphatic rings. The smallest absolute Gasteiger partial charge is 0.227 e. The summed E-state index contributed by atoms with van der Waals surface area (Å²) in [6.07, 6.45) is 2.58. The summed E-state index contributed by atoms with van der Waals surface area (Å²) in [6.45, 7) is 6.78. The summed E-state index contributed by atoms with van der Waals surface area (Å²) in [5, 5.41) is 3.43. The van der Waals surface area contributed by atoms with E-state index in [9.17, 15) is 9.18 Å². The molecule has 1 atom stereocenters. The molecule has 0 aliphatic carbocycles. The van der Waals surface area contributed by atoms with Crippen LogP contribution in [0.3, 0.4) is 0 Å². The van der Waals surface area contributed by atoms with Crippen molar-refractivity contribution in [3.8, 4) is 0 Å². The Labute approximate surface area is 126 Å². The minimum absolute atomic E-state index is 0.0861. The van der Waals surface area contributed by atoms with Crippen molar-refractivity contribution in [2.24, 2.45) is 5.92 Å². The largest absolute Gasteiger partial charge is 0.341 e. The van der Waals surface area contributed by atoms with Crippen LogP contribution < -0.4 is 5.32 Å². The molecule has 21 heavy (non-hydrogen) atoms. The number of carbonyl (C=O) groups is 1. The molecule has 1 saturated heterocycles. The van der Waals surface area contributed by atoms with Crippen molar-refractivity contribution in [2.75, 3.05) is 19.6 Å². The Kier molecular flexibility index (Phi) is 5.74. The summed E-state index contributed by atoms with van der Waals surface area (Å²) in [5.74, 6) is 0.235. The van der Waals surface area contributed by atoms with Crippen LogP contribution in [-0.2, 0) is 11.2 Å². The minimum Gasteiger partial charge on any atom is -0.341 e. The van der Waals surface area contributed by atoms with Crippen LogP contribution in [0.4, 0.5) is 4.39 Å². The maximum absolute atomic E-state index is 13.2. The van der Waals surface area contributed by atoms with Crippen LogP contribution in [0.25, 0.3) is 0 Å². The van der Waals surface area contributed by atoms with Gasteiger partial charge in [-0.2, -0.15) is 0 Å².